The van der Waals surface area contributed by atoms with Crippen molar-refractivity contribution in [3.63, 3.8) is 0 Å². The third-order valence-corrected chi connectivity index (χ3v) is 3.94. The Hall–Kier alpha value is -1.63. The van der Waals surface area contributed by atoms with Crippen LogP contribution in [0, 0.1) is 0 Å². The standard InChI is InChI=1S/C6H8O18S4/c7-6-5(24-28(17,18)19)4(23-27(14,15)16)3(21-6)2(22-26(11,12)13)1-20-25(8,9)10/h2-3H,1H2,(H,8,9,10)(H,11,12,13)(H,14,15,16)(H,17,18,19)/t2-,3+/m0/s1. The van der Waals surface area contributed by atoms with Gasteiger partial charge in [0, 0.05) is 0 Å². The molecule has 2 atom stereocenters. The summed E-state index contributed by atoms with van der Waals surface area (Å²) in [6.07, 6.45) is -5.14. The Morgan fingerprint density at radius 2 is 1.32 bits per heavy atom. The maximum Gasteiger partial charge on any atom is 0.446 e. The molecule has 0 saturated heterocycles. The van der Waals surface area contributed by atoms with E-state index in [4.69, 9.17) is 18.2 Å². The van der Waals surface area contributed by atoms with E-state index in [1.807, 2.05) is 0 Å². The summed E-state index contributed by atoms with van der Waals surface area (Å²) in [5.74, 6) is -5.38. The van der Waals surface area contributed by atoms with Gasteiger partial charge >= 0.3 is 47.6 Å². The summed E-state index contributed by atoms with van der Waals surface area (Å²) < 4.78 is 140. The van der Waals surface area contributed by atoms with Crippen LogP contribution in [0.3, 0.4) is 0 Å². The highest BCUT2D eigenvalue weighted by atomic mass is 32.3. The van der Waals surface area contributed by atoms with Crippen LogP contribution in [-0.2, 0) is 67.9 Å². The average Bonchev–Trinajstić information content (AvgIpc) is 2.66. The molecule has 0 amide bonds. The van der Waals surface area contributed by atoms with Gasteiger partial charge in [0.2, 0.25) is 5.76 Å². The first kappa shape index (κ1) is 24.4. The van der Waals surface area contributed by atoms with E-state index in [9.17, 15) is 38.5 Å². The Morgan fingerprint density at radius 3 is 1.71 bits per heavy atom. The van der Waals surface area contributed by atoms with Crippen LogP contribution >= 0.6 is 0 Å². The molecule has 1 heterocycles. The summed E-state index contributed by atoms with van der Waals surface area (Å²) in [6.45, 7) is -1.62. The second kappa shape index (κ2) is 8.01. The zero-order valence-electron chi connectivity index (χ0n) is 12.5. The molecule has 0 fully saturated rings. The van der Waals surface area contributed by atoms with Crippen LogP contribution in [-0.4, -0.2) is 76.7 Å². The number of hydrogen-bond acceptors (Lipinski definition) is 14. The van der Waals surface area contributed by atoms with Gasteiger partial charge in [-0.15, -0.1) is 0 Å². The fraction of sp³-hybridized carbons (Fsp3) is 0.500. The Bertz CT molecular complexity index is 1070. The van der Waals surface area contributed by atoms with E-state index in [-0.39, 0.29) is 0 Å². The quantitative estimate of drug-likeness (QED) is 0.171. The number of esters is 1. The first-order valence-corrected chi connectivity index (χ1v) is 11.3. The molecule has 0 saturated carbocycles. The van der Waals surface area contributed by atoms with Gasteiger partial charge in [0.1, 0.15) is 12.7 Å². The number of hydrogen-bond donors (Lipinski definition) is 4. The predicted octanol–water partition coefficient (Wildman–Crippen LogP) is -3.23. The highest BCUT2D eigenvalue weighted by Crippen LogP contribution is 2.31. The lowest BCUT2D eigenvalue weighted by atomic mass is 10.2. The summed E-state index contributed by atoms with van der Waals surface area (Å²) in [4.78, 5) is 11.6. The summed E-state index contributed by atoms with van der Waals surface area (Å²) in [5, 5.41) is 0. The van der Waals surface area contributed by atoms with E-state index in [1.54, 1.807) is 0 Å². The molecule has 164 valence electrons. The average molecular weight is 496 g/mol. The molecule has 0 radical (unpaired) electrons. The van der Waals surface area contributed by atoms with Crippen LogP contribution in [0.15, 0.2) is 11.5 Å². The summed E-state index contributed by atoms with van der Waals surface area (Å²) >= 11 is 0. The minimum absolute atomic E-state index is 1.62. The van der Waals surface area contributed by atoms with E-state index in [0.717, 1.165) is 0 Å². The number of carbonyl (C=O) groups excluding carboxylic acids is 1. The van der Waals surface area contributed by atoms with Crippen molar-refractivity contribution < 1.29 is 78.1 Å². The molecule has 1 rings (SSSR count). The van der Waals surface area contributed by atoms with Gasteiger partial charge in [0.15, 0.2) is 6.10 Å². The summed E-state index contributed by atoms with van der Waals surface area (Å²) in [5.41, 5.74) is 0. The first-order valence-electron chi connectivity index (χ1n) is 5.84. The fourth-order valence-electron chi connectivity index (χ4n) is 1.55. The lowest BCUT2D eigenvalue weighted by Crippen LogP contribution is -2.38. The zero-order valence-corrected chi connectivity index (χ0v) is 15.8. The topological polar surface area (TPSA) is 281 Å². The Labute approximate surface area is 156 Å². The number of ether oxygens (including phenoxy) is 1. The number of cyclic esters (lactones) is 1. The maximum absolute atomic E-state index is 11.6. The van der Waals surface area contributed by atoms with Gasteiger partial charge in [0.25, 0.3) is 5.76 Å². The van der Waals surface area contributed by atoms with E-state index < -0.39 is 77.9 Å². The van der Waals surface area contributed by atoms with Crippen molar-refractivity contribution in [2.75, 3.05) is 6.61 Å². The van der Waals surface area contributed by atoms with Crippen molar-refractivity contribution in [1.82, 2.24) is 0 Å². The molecule has 0 spiro atoms. The minimum Gasteiger partial charge on any atom is -0.445 e. The lowest BCUT2D eigenvalue weighted by Gasteiger charge is -2.21. The van der Waals surface area contributed by atoms with E-state index in [1.165, 1.54) is 0 Å². The van der Waals surface area contributed by atoms with Crippen LogP contribution in [0.5, 0.6) is 0 Å². The van der Waals surface area contributed by atoms with E-state index in [2.05, 4.69) is 21.5 Å². The van der Waals surface area contributed by atoms with Gasteiger partial charge < -0.3 is 13.1 Å². The van der Waals surface area contributed by atoms with Gasteiger partial charge in [0.05, 0.1) is 0 Å². The highest BCUT2D eigenvalue weighted by Gasteiger charge is 2.48. The molecule has 0 aromatic rings. The second-order valence-electron chi connectivity index (χ2n) is 4.32. The number of carbonyl (C=O) groups is 1. The Balaban J connectivity index is 3.48. The van der Waals surface area contributed by atoms with Crippen molar-refractivity contribution in [1.29, 1.82) is 0 Å². The van der Waals surface area contributed by atoms with Crippen LogP contribution < -0.4 is 0 Å². The third kappa shape index (κ3) is 8.59. The molecule has 28 heavy (non-hydrogen) atoms. The Morgan fingerprint density at radius 1 is 0.821 bits per heavy atom. The summed E-state index contributed by atoms with van der Waals surface area (Å²) in [6, 6.07) is 0. The molecule has 0 aromatic carbocycles. The molecular weight excluding hydrogens is 488 g/mol. The first-order chi connectivity index (χ1) is 12.3. The Kier molecular flexibility index (Phi) is 6.98. The molecule has 4 N–H and O–H groups in total. The number of rotatable bonds is 10. The minimum atomic E-state index is -5.60. The lowest BCUT2D eigenvalue weighted by molar-refractivity contribution is -0.146. The van der Waals surface area contributed by atoms with Gasteiger partial charge in [-0.2, -0.15) is 33.7 Å². The van der Waals surface area contributed by atoms with Gasteiger partial charge in [-0.3, -0.25) is 18.2 Å². The molecular formula is C6H8O18S4. The predicted molar refractivity (Wildman–Crippen MR) is 76.1 cm³/mol. The monoisotopic (exact) mass is 496 g/mol. The molecule has 0 aliphatic carbocycles. The zero-order chi connectivity index (χ0) is 22.1. The maximum atomic E-state index is 11.6. The largest absolute Gasteiger partial charge is 0.446 e. The van der Waals surface area contributed by atoms with Crippen molar-refractivity contribution >= 4 is 47.6 Å². The van der Waals surface area contributed by atoms with Crippen molar-refractivity contribution in [3.8, 4) is 0 Å². The molecule has 18 nitrogen and oxygen atoms in total. The smallest absolute Gasteiger partial charge is 0.445 e. The van der Waals surface area contributed by atoms with Gasteiger partial charge in [-0.25, -0.2) is 13.2 Å². The van der Waals surface area contributed by atoms with Crippen LogP contribution in [0.1, 0.15) is 0 Å². The van der Waals surface area contributed by atoms with Gasteiger partial charge in [-0.05, 0) is 0 Å². The molecule has 0 bridgehead atoms. The van der Waals surface area contributed by atoms with Crippen LogP contribution in [0.25, 0.3) is 0 Å². The van der Waals surface area contributed by atoms with Crippen molar-refractivity contribution in [3.05, 3.63) is 11.5 Å². The molecule has 0 aromatic heterocycles. The third-order valence-electron chi connectivity index (χ3n) is 2.25. The highest BCUT2D eigenvalue weighted by molar-refractivity contribution is 7.81. The SMILES string of the molecule is O=C1O[C@H]([C@H](COS(=O)(=O)O)OS(=O)(=O)O)C(OS(=O)(=O)O)=C1OS(=O)(=O)O. The van der Waals surface area contributed by atoms with Gasteiger partial charge in [-0.1, -0.05) is 0 Å². The summed E-state index contributed by atoms with van der Waals surface area (Å²) in [7, 11) is -21.9. The second-order valence-corrected chi connectivity index (χ2v) is 8.50. The van der Waals surface area contributed by atoms with Crippen molar-refractivity contribution in [2.45, 2.75) is 12.2 Å². The molecule has 22 heteroatoms. The van der Waals surface area contributed by atoms with Crippen LogP contribution in [0.2, 0.25) is 0 Å². The van der Waals surface area contributed by atoms with Crippen LogP contribution in [0.4, 0.5) is 0 Å². The van der Waals surface area contributed by atoms with E-state index in [0.29, 0.717) is 0 Å². The normalized spacial score (nSPS) is 20.0. The molecule has 1 aliphatic heterocycles. The van der Waals surface area contributed by atoms with E-state index >= 15 is 0 Å². The fourth-order valence-corrected chi connectivity index (χ4v) is 3.08. The van der Waals surface area contributed by atoms with Crippen molar-refractivity contribution in [2.24, 2.45) is 0 Å². The molecule has 1 aliphatic rings. The molecule has 0 unspecified atom stereocenters.